The summed E-state index contributed by atoms with van der Waals surface area (Å²) >= 11 is 12.4. The molecule has 3 aromatic carbocycles. The van der Waals surface area contributed by atoms with Gasteiger partial charge in [0.15, 0.2) is 0 Å². The van der Waals surface area contributed by atoms with E-state index in [4.69, 9.17) is 27.9 Å². The van der Waals surface area contributed by atoms with E-state index in [1.54, 1.807) is 80.6 Å². The molecule has 0 spiro atoms. The molecule has 2 heterocycles. The fraction of sp³-hybridized carbons (Fsp3) is 0.242. The van der Waals surface area contributed by atoms with Crippen molar-refractivity contribution in [3.05, 3.63) is 100 Å². The normalized spacial score (nSPS) is 29.3. The fourth-order valence-electron chi connectivity index (χ4n) is 7.99. The van der Waals surface area contributed by atoms with Crippen LogP contribution in [-0.4, -0.2) is 29.6 Å². The van der Waals surface area contributed by atoms with Crippen molar-refractivity contribution in [1.29, 1.82) is 0 Å². The first-order valence-corrected chi connectivity index (χ1v) is 14.6. The van der Waals surface area contributed by atoms with Crippen molar-refractivity contribution in [3.63, 3.8) is 0 Å². The zero-order valence-electron chi connectivity index (χ0n) is 23.0. The lowest BCUT2D eigenvalue weighted by Gasteiger charge is -2.55. The third-order valence-corrected chi connectivity index (χ3v) is 9.96. The Hall–Kier alpha value is -4.27. The van der Waals surface area contributed by atoms with Gasteiger partial charge in [0.2, 0.25) is 23.6 Å². The van der Waals surface area contributed by atoms with Gasteiger partial charge in [-0.15, -0.1) is 0 Å². The van der Waals surface area contributed by atoms with Gasteiger partial charge in [0.05, 0.1) is 35.0 Å². The molecule has 2 saturated heterocycles. The van der Waals surface area contributed by atoms with Gasteiger partial charge in [-0.1, -0.05) is 66.0 Å². The van der Waals surface area contributed by atoms with Crippen molar-refractivity contribution < 1.29 is 28.7 Å². The number of rotatable bonds is 4. The van der Waals surface area contributed by atoms with Crippen LogP contribution in [0.15, 0.2) is 90.0 Å². The quantitative estimate of drug-likeness (QED) is 0.219. The molecule has 4 atom stereocenters. The highest BCUT2D eigenvalue weighted by Crippen LogP contribution is 2.68. The Labute approximate surface area is 256 Å². The van der Waals surface area contributed by atoms with Crippen LogP contribution in [0.3, 0.4) is 0 Å². The second-order valence-electron chi connectivity index (χ2n) is 11.6. The predicted octanol–water partition coefficient (Wildman–Crippen LogP) is 5.48. The Morgan fingerprint density at radius 1 is 0.698 bits per heavy atom. The molecule has 0 radical (unpaired) electrons. The number of allylic oxidation sites excluding steroid dienone is 1. The zero-order valence-corrected chi connectivity index (χ0v) is 24.5. The third-order valence-electron chi connectivity index (χ3n) is 9.49. The smallest absolute Gasteiger partial charge is 0.339 e. The molecular formula is C33H24Cl2N2O6. The second-order valence-corrected chi connectivity index (χ2v) is 12.4. The van der Waals surface area contributed by atoms with Crippen LogP contribution in [0.2, 0.25) is 10.0 Å². The van der Waals surface area contributed by atoms with Crippen molar-refractivity contribution in [1.82, 2.24) is 0 Å². The molecule has 8 rings (SSSR count). The van der Waals surface area contributed by atoms with Gasteiger partial charge >= 0.3 is 5.97 Å². The lowest BCUT2D eigenvalue weighted by atomic mass is 9.43. The van der Waals surface area contributed by atoms with Gasteiger partial charge in [-0.05, 0) is 55.5 Å². The number of halogens is 2. The lowest BCUT2D eigenvalue weighted by molar-refractivity contribution is -0.152. The maximum Gasteiger partial charge on any atom is 0.339 e. The average molecular weight is 615 g/mol. The van der Waals surface area contributed by atoms with Crippen molar-refractivity contribution >= 4 is 64.2 Å². The SMILES string of the molecule is CC1=C(C(=O)Oc2ccccc2)C2(C)[C@@H]3C(=O)N(c4cccc(Cl)c4)C(=O)[C@@H]3C1[C@H]1C(=O)N(c3cccc(Cl)c3)C(=O)[C@H]12. The van der Waals surface area contributed by atoms with Crippen molar-refractivity contribution in [2.45, 2.75) is 13.8 Å². The first-order chi connectivity index (χ1) is 20.6. The first-order valence-electron chi connectivity index (χ1n) is 13.8. The van der Waals surface area contributed by atoms with Crippen LogP contribution in [0, 0.1) is 35.0 Å². The summed E-state index contributed by atoms with van der Waals surface area (Å²) < 4.78 is 5.77. The highest BCUT2D eigenvalue weighted by atomic mass is 35.5. The number of carbonyl (C=O) groups is 5. The van der Waals surface area contributed by atoms with Crippen LogP contribution in [0.1, 0.15) is 13.8 Å². The minimum absolute atomic E-state index is 0.145. The number of nitrogens with zero attached hydrogens (tertiary/aromatic N) is 2. The molecule has 8 nitrogen and oxygen atoms in total. The molecule has 10 heteroatoms. The fourth-order valence-corrected chi connectivity index (χ4v) is 8.36. The molecule has 0 unspecified atom stereocenters. The van der Waals surface area contributed by atoms with Gasteiger partial charge in [0.25, 0.3) is 0 Å². The largest absolute Gasteiger partial charge is 0.423 e. The maximum absolute atomic E-state index is 14.3. The molecule has 3 aromatic rings. The molecule has 4 amide bonds. The first kappa shape index (κ1) is 27.6. The summed E-state index contributed by atoms with van der Waals surface area (Å²) in [5.41, 5.74) is -0.356. The van der Waals surface area contributed by atoms with Gasteiger partial charge in [-0.2, -0.15) is 0 Å². The van der Waals surface area contributed by atoms with E-state index >= 15 is 0 Å². The number of hydrogen-bond donors (Lipinski definition) is 0. The molecule has 0 N–H and O–H groups in total. The van der Waals surface area contributed by atoms with Crippen LogP contribution in [0.5, 0.6) is 5.75 Å². The molecule has 2 aliphatic heterocycles. The summed E-state index contributed by atoms with van der Waals surface area (Å²) in [5, 5.41) is 0.672. The zero-order chi connectivity index (χ0) is 30.4. The van der Waals surface area contributed by atoms with Crippen molar-refractivity contribution in [3.8, 4) is 5.75 Å². The van der Waals surface area contributed by atoms with Crippen molar-refractivity contribution in [2.75, 3.05) is 9.80 Å². The van der Waals surface area contributed by atoms with E-state index in [0.29, 0.717) is 15.6 Å². The molecule has 5 aliphatic rings. The minimum Gasteiger partial charge on any atom is -0.423 e. The van der Waals surface area contributed by atoms with Crippen LogP contribution in [0.4, 0.5) is 11.4 Å². The Kier molecular flexibility index (Phi) is 6.17. The molecule has 216 valence electrons. The Bertz CT molecular complexity index is 1710. The van der Waals surface area contributed by atoms with E-state index in [2.05, 4.69) is 0 Å². The van der Waals surface area contributed by atoms with Crippen molar-refractivity contribution in [2.24, 2.45) is 35.0 Å². The van der Waals surface area contributed by atoms with Gasteiger partial charge in [0.1, 0.15) is 5.75 Å². The maximum atomic E-state index is 14.3. The van der Waals surface area contributed by atoms with Crippen LogP contribution >= 0.6 is 23.2 Å². The molecule has 2 bridgehead atoms. The number of imide groups is 2. The number of ether oxygens (including phenoxy) is 1. The van der Waals surface area contributed by atoms with Crippen LogP contribution in [0.25, 0.3) is 0 Å². The van der Waals surface area contributed by atoms with Gasteiger partial charge in [0, 0.05) is 27.0 Å². The van der Waals surface area contributed by atoms with E-state index in [9.17, 15) is 24.0 Å². The van der Waals surface area contributed by atoms with E-state index in [1.165, 1.54) is 12.1 Å². The Morgan fingerprint density at radius 2 is 1.19 bits per heavy atom. The Morgan fingerprint density at radius 3 is 1.65 bits per heavy atom. The van der Waals surface area contributed by atoms with E-state index < -0.39 is 64.6 Å². The minimum atomic E-state index is -1.54. The Balaban J connectivity index is 1.41. The molecule has 3 fully saturated rings. The molecule has 3 aliphatic carbocycles. The predicted molar refractivity (Wildman–Crippen MR) is 158 cm³/mol. The monoisotopic (exact) mass is 614 g/mol. The topological polar surface area (TPSA) is 101 Å². The standard InChI is InChI=1S/C33H24Cl2N2O6/c1-16-22-23-26(30(40)36(28(23)38)19-10-6-8-17(34)14-19)33(2,25(16)32(42)43-21-12-4-3-5-13-21)27-24(22)29(39)37(31(27)41)20-11-7-9-18(35)15-20/h3-15,22-24,26-27H,1-2H3/t22?,23-,24-,26+,27+,33?/m1/s1. The molecule has 0 aromatic heterocycles. The number of hydrogen-bond acceptors (Lipinski definition) is 6. The van der Waals surface area contributed by atoms with E-state index in [1.807, 2.05) is 0 Å². The number of benzene rings is 3. The van der Waals surface area contributed by atoms with E-state index in [-0.39, 0.29) is 22.7 Å². The number of amides is 4. The number of para-hydroxylation sites is 1. The van der Waals surface area contributed by atoms with Gasteiger partial charge in [-0.3, -0.25) is 19.2 Å². The van der Waals surface area contributed by atoms with Gasteiger partial charge in [-0.25, -0.2) is 14.6 Å². The van der Waals surface area contributed by atoms with E-state index in [0.717, 1.165) is 9.80 Å². The lowest BCUT2D eigenvalue weighted by Crippen LogP contribution is -2.61. The summed E-state index contributed by atoms with van der Waals surface area (Å²) in [7, 11) is 0. The highest BCUT2D eigenvalue weighted by molar-refractivity contribution is 6.32. The number of esters is 1. The highest BCUT2D eigenvalue weighted by Gasteiger charge is 2.77. The summed E-state index contributed by atoms with van der Waals surface area (Å²) in [6, 6.07) is 21.2. The van der Waals surface area contributed by atoms with Crippen LogP contribution < -0.4 is 14.5 Å². The van der Waals surface area contributed by atoms with Gasteiger partial charge < -0.3 is 4.74 Å². The van der Waals surface area contributed by atoms with Crippen LogP contribution in [-0.2, 0) is 24.0 Å². The summed E-state index contributed by atoms with van der Waals surface area (Å²) in [6.07, 6.45) is 0. The third kappa shape index (κ3) is 3.72. The molecule has 1 saturated carbocycles. The average Bonchev–Trinajstić information content (AvgIpc) is 3.39. The molecule has 43 heavy (non-hydrogen) atoms. The summed E-state index contributed by atoms with van der Waals surface area (Å²) in [5.74, 6) is -7.56. The number of carbonyl (C=O) groups excluding carboxylic acids is 5. The molecular weight excluding hydrogens is 591 g/mol. The summed E-state index contributed by atoms with van der Waals surface area (Å²) in [6.45, 7) is 3.33. The summed E-state index contributed by atoms with van der Waals surface area (Å²) in [4.78, 5) is 73.1. The second kappa shape index (κ2) is 9.62. The number of anilines is 2.